The van der Waals surface area contributed by atoms with Crippen LogP contribution in [-0.4, -0.2) is 29.1 Å². The Morgan fingerprint density at radius 2 is 2.05 bits per heavy atom. The number of benzene rings is 1. The van der Waals surface area contributed by atoms with Gasteiger partial charge in [-0.15, -0.1) is 0 Å². The molecule has 5 heteroatoms. The lowest BCUT2D eigenvalue weighted by molar-refractivity contribution is -0.119. The molecule has 1 rings (SSSR count). The van der Waals surface area contributed by atoms with Crippen molar-refractivity contribution >= 4 is 11.8 Å². The molecule has 0 aliphatic heterocycles. The Kier molecular flexibility index (Phi) is 5.51. The van der Waals surface area contributed by atoms with Crippen LogP contribution in [0.25, 0.3) is 0 Å². The SMILES string of the molecule is Cc1ccc(C#CCO)c(C(=O)NC(C)(C)CC(N)=O)c1. The molecule has 112 valence electrons. The molecular weight excluding hydrogens is 268 g/mol. The molecule has 2 amide bonds. The summed E-state index contributed by atoms with van der Waals surface area (Å²) >= 11 is 0. The first kappa shape index (κ1) is 16.7. The Morgan fingerprint density at radius 1 is 1.38 bits per heavy atom. The van der Waals surface area contributed by atoms with Gasteiger partial charge in [-0.05, 0) is 32.9 Å². The van der Waals surface area contributed by atoms with E-state index in [1.54, 1.807) is 26.0 Å². The summed E-state index contributed by atoms with van der Waals surface area (Å²) in [5, 5.41) is 11.5. The third-order valence-electron chi connectivity index (χ3n) is 2.79. The molecule has 0 saturated carbocycles. The van der Waals surface area contributed by atoms with E-state index < -0.39 is 11.4 Å². The van der Waals surface area contributed by atoms with Crippen LogP contribution in [0.5, 0.6) is 0 Å². The van der Waals surface area contributed by atoms with E-state index in [9.17, 15) is 9.59 Å². The molecule has 0 saturated heterocycles. The lowest BCUT2D eigenvalue weighted by Crippen LogP contribution is -2.46. The molecule has 0 atom stereocenters. The molecule has 0 aromatic heterocycles. The van der Waals surface area contributed by atoms with Crippen molar-refractivity contribution in [3.05, 3.63) is 34.9 Å². The minimum absolute atomic E-state index is 0.0439. The van der Waals surface area contributed by atoms with Crippen LogP contribution in [0.3, 0.4) is 0 Å². The number of hydrogen-bond donors (Lipinski definition) is 3. The van der Waals surface area contributed by atoms with Gasteiger partial charge in [-0.25, -0.2) is 0 Å². The summed E-state index contributed by atoms with van der Waals surface area (Å²) in [5.41, 5.74) is 6.29. The predicted octanol–water partition coefficient (Wildman–Crippen LogP) is 0.723. The molecular formula is C16H20N2O3. The monoisotopic (exact) mass is 288 g/mol. The second kappa shape index (κ2) is 6.91. The average Bonchev–Trinajstić information content (AvgIpc) is 2.34. The highest BCUT2D eigenvalue weighted by molar-refractivity contribution is 5.97. The second-order valence-corrected chi connectivity index (χ2v) is 5.49. The van der Waals surface area contributed by atoms with Gasteiger partial charge in [0.25, 0.3) is 5.91 Å². The number of aliphatic hydroxyl groups excluding tert-OH is 1. The largest absolute Gasteiger partial charge is 0.384 e. The van der Waals surface area contributed by atoms with Gasteiger partial charge in [0.05, 0.1) is 5.56 Å². The molecule has 0 bridgehead atoms. The summed E-state index contributed by atoms with van der Waals surface area (Å²) in [6, 6.07) is 5.29. The van der Waals surface area contributed by atoms with E-state index in [1.807, 2.05) is 13.0 Å². The van der Waals surface area contributed by atoms with Crippen molar-refractivity contribution < 1.29 is 14.7 Å². The van der Waals surface area contributed by atoms with E-state index in [-0.39, 0.29) is 18.9 Å². The number of hydrogen-bond acceptors (Lipinski definition) is 3. The summed E-state index contributed by atoms with van der Waals surface area (Å²) in [5.74, 6) is 4.46. The van der Waals surface area contributed by atoms with Crippen molar-refractivity contribution in [2.75, 3.05) is 6.61 Å². The maximum atomic E-state index is 12.4. The molecule has 0 spiro atoms. The van der Waals surface area contributed by atoms with E-state index in [4.69, 9.17) is 10.8 Å². The lowest BCUT2D eigenvalue weighted by Gasteiger charge is -2.25. The topological polar surface area (TPSA) is 92.4 Å². The smallest absolute Gasteiger partial charge is 0.252 e. The highest BCUT2D eigenvalue weighted by Crippen LogP contribution is 2.14. The third kappa shape index (κ3) is 5.28. The van der Waals surface area contributed by atoms with Crippen molar-refractivity contribution in [3.8, 4) is 11.8 Å². The van der Waals surface area contributed by atoms with Gasteiger partial charge in [0, 0.05) is 17.5 Å². The van der Waals surface area contributed by atoms with Crippen molar-refractivity contribution in [3.63, 3.8) is 0 Å². The Labute approximate surface area is 124 Å². The van der Waals surface area contributed by atoms with Crippen LogP contribution in [0.1, 0.15) is 41.8 Å². The van der Waals surface area contributed by atoms with Gasteiger partial charge in [-0.2, -0.15) is 0 Å². The number of carbonyl (C=O) groups is 2. The van der Waals surface area contributed by atoms with Crippen molar-refractivity contribution in [2.45, 2.75) is 32.7 Å². The molecule has 0 radical (unpaired) electrons. The highest BCUT2D eigenvalue weighted by atomic mass is 16.2. The molecule has 0 fully saturated rings. The van der Waals surface area contributed by atoms with Gasteiger partial charge in [0.1, 0.15) is 6.61 Å². The molecule has 5 nitrogen and oxygen atoms in total. The fourth-order valence-electron chi connectivity index (χ4n) is 1.94. The van der Waals surface area contributed by atoms with Crippen LogP contribution in [0, 0.1) is 18.8 Å². The first-order valence-corrected chi connectivity index (χ1v) is 6.56. The normalized spacial score (nSPS) is 10.5. The number of rotatable bonds is 4. The van der Waals surface area contributed by atoms with Crippen LogP contribution < -0.4 is 11.1 Å². The number of nitrogens with one attached hydrogen (secondary N) is 1. The van der Waals surface area contributed by atoms with E-state index in [0.717, 1.165) is 5.56 Å². The summed E-state index contributed by atoms with van der Waals surface area (Å²) in [7, 11) is 0. The van der Waals surface area contributed by atoms with Gasteiger partial charge < -0.3 is 16.2 Å². The maximum absolute atomic E-state index is 12.4. The maximum Gasteiger partial charge on any atom is 0.252 e. The standard InChI is InChI=1S/C16H20N2O3/c1-11-6-7-12(5-4-8-19)13(9-11)15(21)18-16(2,3)10-14(17)20/h6-7,9,19H,8,10H2,1-3H3,(H2,17,20)(H,18,21). The van der Waals surface area contributed by atoms with E-state index in [0.29, 0.717) is 11.1 Å². The summed E-state index contributed by atoms with van der Waals surface area (Å²) < 4.78 is 0. The number of primary amides is 1. The molecule has 1 aromatic rings. The number of carbonyl (C=O) groups excluding carboxylic acids is 2. The minimum atomic E-state index is -0.742. The van der Waals surface area contributed by atoms with E-state index in [2.05, 4.69) is 17.2 Å². The minimum Gasteiger partial charge on any atom is -0.384 e. The average molecular weight is 288 g/mol. The van der Waals surface area contributed by atoms with Crippen LogP contribution in [-0.2, 0) is 4.79 Å². The molecule has 0 unspecified atom stereocenters. The fourth-order valence-corrected chi connectivity index (χ4v) is 1.94. The quantitative estimate of drug-likeness (QED) is 0.713. The van der Waals surface area contributed by atoms with Crippen LogP contribution in [0.15, 0.2) is 18.2 Å². The van der Waals surface area contributed by atoms with Crippen molar-refractivity contribution in [1.29, 1.82) is 0 Å². The van der Waals surface area contributed by atoms with Crippen LogP contribution >= 0.6 is 0 Å². The van der Waals surface area contributed by atoms with E-state index >= 15 is 0 Å². The number of nitrogens with two attached hydrogens (primary N) is 1. The molecule has 21 heavy (non-hydrogen) atoms. The molecule has 4 N–H and O–H groups in total. The number of amides is 2. The van der Waals surface area contributed by atoms with Gasteiger partial charge >= 0.3 is 0 Å². The highest BCUT2D eigenvalue weighted by Gasteiger charge is 2.24. The number of aliphatic hydroxyl groups is 1. The van der Waals surface area contributed by atoms with Gasteiger partial charge in [0.2, 0.25) is 5.91 Å². The van der Waals surface area contributed by atoms with Gasteiger partial charge in [-0.3, -0.25) is 9.59 Å². The van der Waals surface area contributed by atoms with Gasteiger partial charge in [0.15, 0.2) is 0 Å². The zero-order valence-electron chi connectivity index (χ0n) is 12.5. The Morgan fingerprint density at radius 3 is 2.62 bits per heavy atom. The zero-order valence-corrected chi connectivity index (χ0v) is 12.5. The summed E-state index contributed by atoms with van der Waals surface area (Å²) in [6.07, 6.45) is 0.0439. The summed E-state index contributed by atoms with van der Waals surface area (Å²) in [4.78, 5) is 23.4. The Balaban J connectivity index is 3.06. The van der Waals surface area contributed by atoms with Crippen LogP contribution in [0.4, 0.5) is 0 Å². The summed E-state index contributed by atoms with van der Waals surface area (Å²) in [6.45, 7) is 5.05. The van der Waals surface area contributed by atoms with Gasteiger partial charge in [-0.1, -0.05) is 23.5 Å². The van der Waals surface area contributed by atoms with Crippen molar-refractivity contribution in [2.24, 2.45) is 5.73 Å². The fraction of sp³-hybridized carbons (Fsp3) is 0.375. The lowest BCUT2D eigenvalue weighted by atomic mass is 9.98. The number of aryl methyl sites for hydroxylation is 1. The zero-order chi connectivity index (χ0) is 16.0. The third-order valence-corrected chi connectivity index (χ3v) is 2.79. The van der Waals surface area contributed by atoms with E-state index in [1.165, 1.54) is 0 Å². The molecule has 0 aliphatic rings. The van der Waals surface area contributed by atoms with Crippen molar-refractivity contribution in [1.82, 2.24) is 5.32 Å². The first-order valence-electron chi connectivity index (χ1n) is 6.56. The Hall–Kier alpha value is -2.32. The Bertz CT molecular complexity index is 610. The first-order chi connectivity index (χ1) is 9.75. The van der Waals surface area contributed by atoms with Crippen LogP contribution in [0.2, 0.25) is 0 Å². The second-order valence-electron chi connectivity index (χ2n) is 5.49. The molecule has 0 aliphatic carbocycles. The molecule has 1 aromatic carbocycles. The predicted molar refractivity (Wildman–Crippen MR) is 80.5 cm³/mol. The molecule has 0 heterocycles.